The largest absolute Gasteiger partial charge is 0.507 e. The molecule has 1 unspecified atom stereocenters. The number of nitrogens with zero attached hydrogens (tertiary/aromatic N) is 1. The molecule has 0 radical (unpaired) electrons. The van der Waals surface area contributed by atoms with Gasteiger partial charge in [-0.1, -0.05) is 31.2 Å². The summed E-state index contributed by atoms with van der Waals surface area (Å²) in [6, 6.07) is 20.8. The Morgan fingerprint density at radius 2 is 1.73 bits per heavy atom. The highest BCUT2D eigenvalue weighted by Crippen LogP contribution is 2.44. The molecule has 1 amide bonds. The monoisotopic (exact) mass is 496 g/mol. The molecule has 0 aliphatic carbocycles. The summed E-state index contributed by atoms with van der Waals surface area (Å²) in [6.45, 7) is 4.95. The van der Waals surface area contributed by atoms with E-state index >= 15 is 0 Å². The lowest BCUT2D eigenvalue weighted by Gasteiger charge is -2.25. The molecule has 7 heteroatoms. The number of anilines is 1. The summed E-state index contributed by atoms with van der Waals surface area (Å²) in [6.07, 6.45) is 2.66. The van der Waals surface area contributed by atoms with Gasteiger partial charge in [-0.25, -0.2) is 0 Å². The van der Waals surface area contributed by atoms with E-state index in [1.54, 1.807) is 54.7 Å². The van der Waals surface area contributed by atoms with Gasteiger partial charge < -0.3 is 19.6 Å². The number of carbonyl (C=O) groups is 2. The maximum atomic E-state index is 13.5. The number of aromatic nitrogens is 1. The summed E-state index contributed by atoms with van der Waals surface area (Å²) in [5.74, 6) is -0.449. The lowest BCUT2D eigenvalue weighted by Crippen LogP contribution is -2.29. The number of hydrogen-bond donors (Lipinski definition) is 2. The SMILES string of the molecule is CCCOc1ccc(/C(O)=C2\C(=O)C(=O)N(c3cccc(OCC)c3)C2c2c[nH]c3ccccc23)cc1. The Bertz CT molecular complexity index is 1490. The molecule has 7 nitrogen and oxygen atoms in total. The van der Waals surface area contributed by atoms with Gasteiger partial charge in [0.1, 0.15) is 17.3 Å². The average Bonchev–Trinajstić information content (AvgIpc) is 3.46. The third-order valence-corrected chi connectivity index (χ3v) is 6.37. The number of hydrogen-bond acceptors (Lipinski definition) is 5. The maximum Gasteiger partial charge on any atom is 0.300 e. The van der Waals surface area contributed by atoms with Crippen molar-refractivity contribution in [1.82, 2.24) is 4.98 Å². The Morgan fingerprint density at radius 3 is 2.49 bits per heavy atom. The van der Waals surface area contributed by atoms with Gasteiger partial charge in [-0.15, -0.1) is 0 Å². The minimum atomic E-state index is -0.843. The summed E-state index contributed by atoms with van der Waals surface area (Å²) in [5, 5.41) is 12.3. The van der Waals surface area contributed by atoms with Crippen LogP contribution in [0.15, 0.2) is 84.6 Å². The molecule has 2 heterocycles. The van der Waals surface area contributed by atoms with Crippen molar-refractivity contribution in [2.75, 3.05) is 18.1 Å². The van der Waals surface area contributed by atoms with Crippen molar-refractivity contribution < 1.29 is 24.2 Å². The van der Waals surface area contributed by atoms with Gasteiger partial charge in [-0.05, 0) is 55.8 Å². The smallest absolute Gasteiger partial charge is 0.300 e. The van der Waals surface area contributed by atoms with Crippen LogP contribution in [0.1, 0.15) is 37.4 Å². The minimum Gasteiger partial charge on any atom is -0.507 e. The molecule has 1 saturated heterocycles. The van der Waals surface area contributed by atoms with Gasteiger partial charge in [-0.3, -0.25) is 14.5 Å². The van der Waals surface area contributed by atoms with Crippen molar-refractivity contribution in [2.24, 2.45) is 0 Å². The van der Waals surface area contributed by atoms with E-state index in [9.17, 15) is 14.7 Å². The van der Waals surface area contributed by atoms with E-state index in [4.69, 9.17) is 9.47 Å². The number of rotatable bonds is 8. The van der Waals surface area contributed by atoms with Gasteiger partial charge in [-0.2, -0.15) is 0 Å². The summed E-state index contributed by atoms with van der Waals surface area (Å²) >= 11 is 0. The van der Waals surface area contributed by atoms with Crippen LogP contribution in [0.3, 0.4) is 0 Å². The number of benzene rings is 3. The summed E-state index contributed by atoms with van der Waals surface area (Å²) in [7, 11) is 0. The number of ketones is 1. The third kappa shape index (κ3) is 4.44. The fourth-order valence-corrected chi connectivity index (χ4v) is 4.69. The first-order chi connectivity index (χ1) is 18.0. The molecule has 5 rings (SSSR count). The van der Waals surface area contributed by atoms with Crippen LogP contribution in [0.4, 0.5) is 5.69 Å². The molecule has 0 spiro atoms. The number of aromatic amines is 1. The van der Waals surface area contributed by atoms with Crippen molar-refractivity contribution in [3.8, 4) is 11.5 Å². The van der Waals surface area contributed by atoms with Crippen LogP contribution < -0.4 is 14.4 Å². The number of ether oxygens (including phenoxy) is 2. The number of fused-ring (bicyclic) bond motifs is 1. The van der Waals surface area contributed by atoms with Crippen LogP contribution in [0.2, 0.25) is 0 Å². The molecule has 188 valence electrons. The summed E-state index contributed by atoms with van der Waals surface area (Å²) < 4.78 is 11.3. The standard InChI is InChI=1S/C30H28N2O5/c1-3-16-37-21-14-12-19(13-15-21)28(33)26-27(24-18-31-25-11-6-5-10-23(24)25)32(30(35)29(26)34)20-8-7-9-22(17-20)36-4-2/h5-15,17-18,27,31,33H,3-4,16H2,1-2H3/b28-26+. The maximum absolute atomic E-state index is 13.5. The lowest BCUT2D eigenvalue weighted by atomic mass is 9.94. The van der Waals surface area contributed by atoms with Crippen molar-refractivity contribution in [3.05, 3.63) is 95.7 Å². The number of Topliss-reactive ketones (excluding diaryl/α,β-unsaturated/α-hetero) is 1. The van der Waals surface area contributed by atoms with Gasteiger partial charge in [0.05, 0.1) is 24.8 Å². The highest BCUT2D eigenvalue weighted by atomic mass is 16.5. The van der Waals surface area contributed by atoms with E-state index in [0.29, 0.717) is 41.5 Å². The number of aliphatic hydroxyl groups excluding tert-OH is 1. The van der Waals surface area contributed by atoms with Crippen molar-refractivity contribution in [1.29, 1.82) is 0 Å². The molecule has 1 fully saturated rings. The normalized spacial score (nSPS) is 16.9. The number of amides is 1. The number of H-pyrrole nitrogens is 1. The molecule has 1 aliphatic heterocycles. The topological polar surface area (TPSA) is 91.9 Å². The molecule has 2 N–H and O–H groups in total. The van der Waals surface area contributed by atoms with Gasteiger partial charge in [0.2, 0.25) is 0 Å². The molecular weight excluding hydrogens is 468 g/mol. The minimum absolute atomic E-state index is 0.0267. The molecule has 1 aromatic heterocycles. The predicted molar refractivity (Wildman–Crippen MR) is 143 cm³/mol. The Balaban J connectivity index is 1.68. The van der Waals surface area contributed by atoms with E-state index in [1.807, 2.05) is 38.1 Å². The van der Waals surface area contributed by atoms with Crippen LogP contribution in [-0.2, 0) is 9.59 Å². The van der Waals surface area contributed by atoms with E-state index in [2.05, 4.69) is 4.98 Å². The Morgan fingerprint density at radius 1 is 0.946 bits per heavy atom. The van der Waals surface area contributed by atoms with E-state index < -0.39 is 17.7 Å². The quantitative estimate of drug-likeness (QED) is 0.178. The van der Waals surface area contributed by atoms with E-state index in [-0.39, 0.29) is 11.3 Å². The van der Waals surface area contributed by atoms with E-state index in [1.165, 1.54) is 4.90 Å². The zero-order chi connectivity index (χ0) is 25.9. The van der Waals surface area contributed by atoms with Crippen LogP contribution in [0.25, 0.3) is 16.7 Å². The molecule has 37 heavy (non-hydrogen) atoms. The highest BCUT2D eigenvalue weighted by Gasteiger charge is 2.47. The molecular formula is C30H28N2O5. The first kappa shape index (κ1) is 24.2. The molecule has 0 bridgehead atoms. The number of carbonyl (C=O) groups excluding carboxylic acids is 2. The van der Waals surface area contributed by atoms with Gasteiger partial charge >= 0.3 is 0 Å². The zero-order valence-electron chi connectivity index (χ0n) is 20.7. The fourth-order valence-electron chi connectivity index (χ4n) is 4.69. The Labute approximate surface area is 214 Å². The van der Waals surface area contributed by atoms with Crippen LogP contribution in [0, 0.1) is 0 Å². The molecule has 0 saturated carbocycles. The highest BCUT2D eigenvalue weighted by molar-refractivity contribution is 6.51. The molecule has 1 atom stereocenters. The van der Waals surface area contributed by atoms with Crippen molar-refractivity contribution >= 4 is 34.0 Å². The first-order valence-corrected chi connectivity index (χ1v) is 12.4. The van der Waals surface area contributed by atoms with Gasteiger partial charge in [0.15, 0.2) is 0 Å². The van der Waals surface area contributed by atoms with Crippen LogP contribution in [0.5, 0.6) is 11.5 Å². The second kappa shape index (κ2) is 10.2. The number of para-hydroxylation sites is 1. The molecule has 3 aromatic carbocycles. The van der Waals surface area contributed by atoms with Gasteiger partial charge in [0.25, 0.3) is 11.7 Å². The molecule has 1 aliphatic rings. The average molecular weight is 497 g/mol. The number of nitrogens with one attached hydrogen (secondary N) is 1. The number of aliphatic hydroxyl groups is 1. The zero-order valence-corrected chi connectivity index (χ0v) is 20.7. The van der Waals surface area contributed by atoms with Crippen LogP contribution in [-0.4, -0.2) is 35.0 Å². The Kier molecular flexibility index (Phi) is 6.68. The predicted octanol–water partition coefficient (Wildman–Crippen LogP) is 5.98. The van der Waals surface area contributed by atoms with Crippen molar-refractivity contribution in [2.45, 2.75) is 26.3 Å². The third-order valence-electron chi connectivity index (χ3n) is 6.37. The lowest BCUT2D eigenvalue weighted by molar-refractivity contribution is -0.132. The summed E-state index contributed by atoms with van der Waals surface area (Å²) in [4.78, 5) is 31.6. The second-order valence-corrected chi connectivity index (χ2v) is 8.76. The first-order valence-electron chi connectivity index (χ1n) is 12.4. The van der Waals surface area contributed by atoms with Crippen molar-refractivity contribution in [3.63, 3.8) is 0 Å². The second-order valence-electron chi connectivity index (χ2n) is 8.76. The van der Waals surface area contributed by atoms with Crippen LogP contribution >= 0.6 is 0 Å². The molecule has 4 aromatic rings. The van der Waals surface area contributed by atoms with E-state index in [0.717, 1.165) is 17.3 Å². The Hall–Kier alpha value is -4.52. The summed E-state index contributed by atoms with van der Waals surface area (Å²) in [5.41, 5.74) is 2.53. The van der Waals surface area contributed by atoms with Gasteiger partial charge in [0, 0.05) is 40.0 Å². The fraction of sp³-hybridized carbons (Fsp3) is 0.200.